The zero-order valence-electron chi connectivity index (χ0n) is 15.8. The number of piperidine rings is 2. The van der Waals surface area contributed by atoms with Gasteiger partial charge in [-0.3, -0.25) is 4.79 Å². The summed E-state index contributed by atoms with van der Waals surface area (Å²) in [4.78, 5) is 28.5. The molecule has 1 aromatic rings. The van der Waals surface area contributed by atoms with Gasteiger partial charge in [-0.2, -0.15) is 0 Å². The van der Waals surface area contributed by atoms with Gasteiger partial charge in [0.2, 0.25) is 5.91 Å². The van der Waals surface area contributed by atoms with Gasteiger partial charge >= 0.3 is 6.03 Å². The zero-order valence-corrected chi connectivity index (χ0v) is 15.8. The Labute approximate surface area is 155 Å². The van der Waals surface area contributed by atoms with Crippen molar-refractivity contribution in [1.82, 2.24) is 9.80 Å². The summed E-state index contributed by atoms with van der Waals surface area (Å²) >= 11 is 0. The molecule has 26 heavy (non-hydrogen) atoms. The number of carbonyl (C=O) groups is 2. The summed E-state index contributed by atoms with van der Waals surface area (Å²) in [5, 5.41) is 2.98. The largest absolute Gasteiger partial charge is 0.383 e. The molecule has 1 N–H and O–H groups in total. The Balaban J connectivity index is 1.53. The first-order chi connectivity index (χ1) is 12.5. The summed E-state index contributed by atoms with van der Waals surface area (Å²) in [6.07, 6.45) is 3.44. The molecule has 6 heteroatoms. The lowest BCUT2D eigenvalue weighted by Crippen LogP contribution is -2.53. The van der Waals surface area contributed by atoms with Gasteiger partial charge in [-0.15, -0.1) is 0 Å². The van der Waals surface area contributed by atoms with Gasteiger partial charge in [-0.1, -0.05) is 17.7 Å². The van der Waals surface area contributed by atoms with Crippen LogP contribution in [0, 0.1) is 12.3 Å². The van der Waals surface area contributed by atoms with Crippen molar-refractivity contribution in [2.75, 3.05) is 45.2 Å². The molecule has 0 aromatic heterocycles. The molecular formula is C20H29N3O3. The normalized spacial score (nSPS) is 19.7. The first kappa shape index (κ1) is 18.7. The first-order valence-electron chi connectivity index (χ1n) is 9.41. The van der Waals surface area contributed by atoms with Crippen molar-refractivity contribution in [2.24, 2.45) is 5.41 Å². The first-order valence-corrected chi connectivity index (χ1v) is 9.41. The maximum absolute atomic E-state index is 12.5. The maximum Gasteiger partial charge on any atom is 0.321 e. The van der Waals surface area contributed by atoms with Gasteiger partial charge in [-0.25, -0.2) is 4.79 Å². The van der Waals surface area contributed by atoms with Gasteiger partial charge < -0.3 is 19.9 Å². The summed E-state index contributed by atoms with van der Waals surface area (Å²) < 4.78 is 5.13. The van der Waals surface area contributed by atoms with E-state index in [9.17, 15) is 9.59 Å². The van der Waals surface area contributed by atoms with E-state index in [2.05, 4.69) is 5.32 Å². The molecule has 142 valence electrons. The fourth-order valence-electron chi connectivity index (χ4n) is 3.94. The third-order valence-electron chi connectivity index (χ3n) is 5.73. The van der Waals surface area contributed by atoms with Crippen molar-refractivity contribution in [2.45, 2.75) is 32.6 Å². The van der Waals surface area contributed by atoms with Crippen LogP contribution in [0.4, 0.5) is 10.5 Å². The summed E-state index contributed by atoms with van der Waals surface area (Å²) in [5.41, 5.74) is 2.16. The van der Waals surface area contributed by atoms with Crippen LogP contribution in [0.2, 0.25) is 0 Å². The van der Waals surface area contributed by atoms with E-state index in [1.807, 2.05) is 41.0 Å². The average molecular weight is 359 g/mol. The number of rotatable bonds is 4. The highest BCUT2D eigenvalue weighted by atomic mass is 16.5. The van der Waals surface area contributed by atoms with Crippen LogP contribution in [0.3, 0.4) is 0 Å². The summed E-state index contributed by atoms with van der Waals surface area (Å²) in [5.74, 6) is 0.229. The number of nitrogens with one attached hydrogen (secondary N) is 1. The van der Waals surface area contributed by atoms with Gasteiger partial charge in [0.15, 0.2) is 0 Å². The number of likely N-dealkylation sites (tertiary alicyclic amines) is 2. The molecule has 2 heterocycles. The number of benzene rings is 1. The van der Waals surface area contributed by atoms with Crippen molar-refractivity contribution < 1.29 is 14.3 Å². The number of nitrogens with zero attached hydrogens (tertiary/aromatic N) is 2. The van der Waals surface area contributed by atoms with Crippen LogP contribution < -0.4 is 5.32 Å². The smallest absolute Gasteiger partial charge is 0.321 e. The Kier molecular flexibility index (Phi) is 5.81. The highest BCUT2D eigenvalue weighted by Gasteiger charge is 2.41. The molecule has 2 aliphatic rings. The number of aryl methyl sites for hydroxylation is 1. The number of amides is 3. The lowest BCUT2D eigenvalue weighted by molar-refractivity contribution is -0.139. The van der Waals surface area contributed by atoms with Gasteiger partial charge in [0.1, 0.15) is 0 Å². The third kappa shape index (κ3) is 4.36. The van der Waals surface area contributed by atoms with E-state index in [0.717, 1.165) is 44.6 Å². The Morgan fingerprint density at radius 3 is 2.54 bits per heavy atom. The van der Waals surface area contributed by atoms with E-state index in [-0.39, 0.29) is 17.4 Å². The Morgan fingerprint density at radius 2 is 1.88 bits per heavy atom. The fraction of sp³-hybridized carbons (Fsp3) is 0.600. The number of anilines is 1. The number of hydrogen-bond donors (Lipinski definition) is 1. The molecular weight excluding hydrogens is 330 g/mol. The topological polar surface area (TPSA) is 61.9 Å². The molecule has 3 rings (SSSR count). The Bertz CT molecular complexity index is 636. The van der Waals surface area contributed by atoms with E-state index in [0.29, 0.717) is 19.6 Å². The van der Waals surface area contributed by atoms with Crippen LogP contribution in [0.15, 0.2) is 24.3 Å². The Morgan fingerprint density at radius 1 is 1.19 bits per heavy atom. The SMILES string of the molecule is COCCN1CC2(CCC1=O)CCN(C(=O)Nc1ccc(C)cc1)CC2. The average Bonchev–Trinajstić information content (AvgIpc) is 2.65. The standard InChI is InChI=1S/C20H29N3O3/c1-16-3-5-17(6-4-16)21-19(25)22-11-9-20(10-12-22)8-7-18(24)23(15-20)13-14-26-2/h3-6H,7-15H2,1-2H3,(H,21,25). The second kappa shape index (κ2) is 8.08. The van der Waals surface area contributed by atoms with E-state index >= 15 is 0 Å². The van der Waals surface area contributed by atoms with Crippen LogP contribution in [-0.2, 0) is 9.53 Å². The monoisotopic (exact) mass is 359 g/mol. The maximum atomic E-state index is 12.5. The van der Waals surface area contributed by atoms with Crippen molar-refractivity contribution in [3.05, 3.63) is 29.8 Å². The van der Waals surface area contributed by atoms with Gasteiger partial charge in [0, 0.05) is 45.4 Å². The summed E-state index contributed by atoms with van der Waals surface area (Å²) in [6.45, 7) is 5.54. The van der Waals surface area contributed by atoms with Crippen LogP contribution >= 0.6 is 0 Å². The quantitative estimate of drug-likeness (QED) is 0.899. The van der Waals surface area contributed by atoms with Crippen molar-refractivity contribution in [1.29, 1.82) is 0 Å². The number of urea groups is 1. The van der Waals surface area contributed by atoms with Crippen LogP contribution in [-0.4, -0.2) is 61.6 Å². The highest BCUT2D eigenvalue weighted by Crippen LogP contribution is 2.40. The van der Waals surface area contributed by atoms with Crippen molar-refractivity contribution in [3.63, 3.8) is 0 Å². The molecule has 0 unspecified atom stereocenters. The van der Waals surface area contributed by atoms with Crippen molar-refractivity contribution in [3.8, 4) is 0 Å². The minimum atomic E-state index is -0.0353. The number of carbonyl (C=O) groups excluding carboxylic acids is 2. The summed E-state index contributed by atoms with van der Waals surface area (Å²) in [6, 6.07) is 7.81. The second-order valence-corrected chi connectivity index (χ2v) is 7.59. The van der Waals surface area contributed by atoms with E-state index in [1.54, 1.807) is 7.11 Å². The van der Waals surface area contributed by atoms with Gasteiger partial charge in [0.25, 0.3) is 0 Å². The molecule has 1 spiro atoms. The predicted octanol–water partition coefficient (Wildman–Crippen LogP) is 2.88. The highest BCUT2D eigenvalue weighted by molar-refractivity contribution is 5.89. The Hall–Kier alpha value is -2.08. The lowest BCUT2D eigenvalue weighted by Gasteiger charge is -2.47. The van der Waals surface area contributed by atoms with E-state index < -0.39 is 0 Å². The molecule has 3 amide bonds. The number of methoxy groups -OCH3 is 1. The molecule has 2 fully saturated rings. The molecule has 0 bridgehead atoms. The van der Waals surface area contributed by atoms with Crippen LogP contribution in [0.1, 0.15) is 31.2 Å². The predicted molar refractivity (Wildman–Crippen MR) is 101 cm³/mol. The second-order valence-electron chi connectivity index (χ2n) is 7.59. The molecule has 2 aliphatic heterocycles. The molecule has 1 aromatic carbocycles. The molecule has 2 saturated heterocycles. The van der Waals surface area contributed by atoms with Crippen molar-refractivity contribution >= 4 is 17.6 Å². The van der Waals surface area contributed by atoms with E-state index in [1.165, 1.54) is 5.56 Å². The molecule has 6 nitrogen and oxygen atoms in total. The zero-order chi connectivity index (χ0) is 18.6. The minimum absolute atomic E-state index is 0.0353. The lowest BCUT2D eigenvalue weighted by atomic mass is 9.72. The minimum Gasteiger partial charge on any atom is -0.383 e. The molecule has 0 atom stereocenters. The molecule has 0 saturated carbocycles. The van der Waals surface area contributed by atoms with Crippen LogP contribution in [0.25, 0.3) is 0 Å². The molecule has 0 aliphatic carbocycles. The fourth-order valence-corrected chi connectivity index (χ4v) is 3.94. The summed E-state index contributed by atoms with van der Waals surface area (Å²) in [7, 11) is 1.66. The van der Waals surface area contributed by atoms with Crippen LogP contribution in [0.5, 0.6) is 0 Å². The van der Waals surface area contributed by atoms with E-state index in [4.69, 9.17) is 4.74 Å². The van der Waals surface area contributed by atoms with Gasteiger partial charge in [0.05, 0.1) is 6.61 Å². The molecule has 0 radical (unpaired) electrons. The number of ether oxygens (including phenoxy) is 1. The number of hydrogen-bond acceptors (Lipinski definition) is 3. The van der Waals surface area contributed by atoms with Gasteiger partial charge in [-0.05, 0) is 43.7 Å². The third-order valence-corrected chi connectivity index (χ3v) is 5.73.